The zero-order valence-electron chi connectivity index (χ0n) is 17.5. The SMILES string of the molecule is Cc1nc(-c2nc(C3CCCCCCC3)cs2)n(CC2CCCCCCC2)n1. The molecular weight excluding hydrogens is 364 g/mol. The third kappa shape index (κ3) is 5.22. The molecule has 154 valence electrons. The maximum atomic E-state index is 5.07. The molecule has 0 saturated heterocycles. The van der Waals surface area contributed by atoms with Gasteiger partial charge in [-0.05, 0) is 38.5 Å². The minimum atomic E-state index is 0.647. The number of nitrogens with zero attached hydrogens (tertiary/aromatic N) is 4. The van der Waals surface area contributed by atoms with Crippen molar-refractivity contribution in [3.8, 4) is 10.8 Å². The van der Waals surface area contributed by atoms with Crippen LogP contribution in [0.4, 0.5) is 0 Å². The van der Waals surface area contributed by atoms with E-state index in [4.69, 9.17) is 15.1 Å². The molecule has 0 bridgehead atoms. The summed E-state index contributed by atoms with van der Waals surface area (Å²) in [6, 6.07) is 0. The first-order valence-electron chi connectivity index (χ1n) is 11.7. The lowest BCUT2D eigenvalue weighted by Gasteiger charge is -2.20. The van der Waals surface area contributed by atoms with E-state index < -0.39 is 0 Å². The Hall–Kier alpha value is -1.23. The number of hydrogen-bond donors (Lipinski definition) is 0. The molecule has 0 atom stereocenters. The van der Waals surface area contributed by atoms with Crippen LogP contribution in [-0.4, -0.2) is 19.7 Å². The van der Waals surface area contributed by atoms with Gasteiger partial charge >= 0.3 is 0 Å². The second-order valence-electron chi connectivity index (χ2n) is 9.00. The maximum Gasteiger partial charge on any atom is 0.187 e. The predicted molar refractivity (Wildman–Crippen MR) is 117 cm³/mol. The maximum absolute atomic E-state index is 5.07. The molecule has 4 rings (SSSR count). The van der Waals surface area contributed by atoms with E-state index in [9.17, 15) is 0 Å². The molecular formula is C23H36N4S. The summed E-state index contributed by atoms with van der Waals surface area (Å²) in [7, 11) is 0. The summed E-state index contributed by atoms with van der Waals surface area (Å²) in [5, 5.41) is 8.13. The number of aromatic nitrogens is 4. The van der Waals surface area contributed by atoms with E-state index in [0.29, 0.717) is 5.92 Å². The highest BCUT2D eigenvalue weighted by molar-refractivity contribution is 7.13. The summed E-state index contributed by atoms with van der Waals surface area (Å²) >= 11 is 1.77. The fourth-order valence-corrected chi connectivity index (χ4v) is 5.93. The van der Waals surface area contributed by atoms with Crippen molar-refractivity contribution in [1.29, 1.82) is 0 Å². The average molecular weight is 401 g/mol. The van der Waals surface area contributed by atoms with Crippen molar-refractivity contribution in [2.75, 3.05) is 0 Å². The van der Waals surface area contributed by atoms with E-state index in [1.165, 1.54) is 95.6 Å². The second kappa shape index (κ2) is 10.00. The molecule has 2 aliphatic rings. The van der Waals surface area contributed by atoms with Crippen LogP contribution in [0.3, 0.4) is 0 Å². The Morgan fingerprint density at radius 2 is 1.46 bits per heavy atom. The van der Waals surface area contributed by atoms with Gasteiger partial charge in [0.2, 0.25) is 0 Å². The monoisotopic (exact) mass is 400 g/mol. The van der Waals surface area contributed by atoms with Crippen LogP contribution in [0.15, 0.2) is 5.38 Å². The van der Waals surface area contributed by atoms with Gasteiger partial charge in [0.05, 0.1) is 5.69 Å². The molecule has 0 spiro atoms. The first-order chi connectivity index (χ1) is 13.8. The second-order valence-corrected chi connectivity index (χ2v) is 9.85. The van der Waals surface area contributed by atoms with E-state index >= 15 is 0 Å². The quantitative estimate of drug-likeness (QED) is 0.560. The topological polar surface area (TPSA) is 43.6 Å². The van der Waals surface area contributed by atoms with Gasteiger partial charge < -0.3 is 0 Å². The molecule has 0 aromatic carbocycles. The first-order valence-corrected chi connectivity index (χ1v) is 12.5. The Balaban J connectivity index is 1.49. The van der Waals surface area contributed by atoms with Gasteiger partial charge in [-0.3, -0.25) is 0 Å². The number of thiazole rings is 1. The third-order valence-corrected chi connectivity index (χ3v) is 7.53. The molecule has 0 amide bonds. The molecule has 2 fully saturated rings. The Bertz CT molecular complexity index is 719. The van der Waals surface area contributed by atoms with Crippen molar-refractivity contribution in [2.45, 2.75) is 109 Å². The lowest BCUT2D eigenvalue weighted by atomic mass is 9.89. The Morgan fingerprint density at radius 3 is 2.14 bits per heavy atom. The highest BCUT2D eigenvalue weighted by Gasteiger charge is 2.21. The summed E-state index contributed by atoms with van der Waals surface area (Å²) in [4.78, 5) is 9.85. The van der Waals surface area contributed by atoms with Crippen LogP contribution in [0.1, 0.15) is 107 Å². The summed E-state index contributed by atoms with van der Waals surface area (Å²) in [6.45, 7) is 3.02. The summed E-state index contributed by atoms with van der Waals surface area (Å²) in [6.07, 6.45) is 19.2. The van der Waals surface area contributed by atoms with Crippen molar-refractivity contribution in [1.82, 2.24) is 19.7 Å². The fourth-order valence-electron chi connectivity index (χ4n) is 5.04. The van der Waals surface area contributed by atoms with E-state index in [1.54, 1.807) is 11.3 Å². The number of aryl methyl sites for hydroxylation is 1. The summed E-state index contributed by atoms with van der Waals surface area (Å²) in [5.41, 5.74) is 1.31. The zero-order valence-corrected chi connectivity index (χ0v) is 18.4. The largest absolute Gasteiger partial charge is 0.243 e. The van der Waals surface area contributed by atoms with Gasteiger partial charge in [-0.1, -0.05) is 64.2 Å². The van der Waals surface area contributed by atoms with Crippen molar-refractivity contribution >= 4 is 11.3 Å². The Kier molecular flexibility index (Phi) is 7.16. The van der Waals surface area contributed by atoms with Crippen molar-refractivity contribution in [3.63, 3.8) is 0 Å². The van der Waals surface area contributed by atoms with Crippen LogP contribution < -0.4 is 0 Å². The minimum absolute atomic E-state index is 0.647. The minimum Gasteiger partial charge on any atom is -0.243 e. The molecule has 0 radical (unpaired) electrons. The van der Waals surface area contributed by atoms with Gasteiger partial charge in [-0.15, -0.1) is 11.3 Å². The highest BCUT2D eigenvalue weighted by atomic mass is 32.1. The molecule has 0 unspecified atom stereocenters. The van der Waals surface area contributed by atoms with Gasteiger partial charge in [0.1, 0.15) is 5.82 Å². The predicted octanol–water partition coefficient (Wildman–Crippen LogP) is 6.90. The van der Waals surface area contributed by atoms with Gasteiger partial charge in [-0.2, -0.15) is 5.10 Å². The van der Waals surface area contributed by atoms with E-state index in [2.05, 4.69) is 10.1 Å². The summed E-state index contributed by atoms with van der Waals surface area (Å²) < 4.78 is 2.17. The van der Waals surface area contributed by atoms with E-state index in [1.807, 2.05) is 6.92 Å². The molecule has 28 heavy (non-hydrogen) atoms. The third-order valence-electron chi connectivity index (χ3n) is 6.67. The van der Waals surface area contributed by atoms with Crippen LogP contribution in [0.5, 0.6) is 0 Å². The number of rotatable bonds is 4. The smallest absolute Gasteiger partial charge is 0.187 e. The molecule has 2 aliphatic carbocycles. The highest BCUT2D eigenvalue weighted by Crippen LogP contribution is 2.34. The molecule has 5 heteroatoms. The van der Waals surface area contributed by atoms with Crippen LogP contribution >= 0.6 is 11.3 Å². The van der Waals surface area contributed by atoms with Crippen molar-refractivity contribution < 1.29 is 0 Å². The van der Waals surface area contributed by atoms with Crippen LogP contribution in [-0.2, 0) is 6.54 Å². The van der Waals surface area contributed by atoms with Gasteiger partial charge in [0.15, 0.2) is 10.8 Å². The van der Waals surface area contributed by atoms with Crippen LogP contribution in [0.2, 0.25) is 0 Å². The van der Waals surface area contributed by atoms with Gasteiger partial charge in [0, 0.05) is 17.8 Å². The molecule has 0 N–H and O–H groups in total. The molecule has 0 aliphatic heterocycles. The average Bonchev–Trinajstić information content (AvgIpc) is 3.23. The number of hydrogen-bond acceptors (Lipinski definition) is 4. The fraction of sp³-hybridized carbons (Fsp3) is 0.783. The lowest BCUT2D eigenvalue weighted by molar-refractivity contribution is 0.327. The lowest BCUT2D eigenvalue weighted by Crippen LogP contribution is -2.14. The first kappa shape index (κ1) is 20.1. The van der Waals surface area contributed by atoms with Gasteiger partial charge in [-0.25, -0.2) is 14.6 Å². The molecule has 2 aromatic heterocycles. The molecule has 2 heterocycles. The molecule has 4 nitrogen and oxygen atoms in total. The molecule has 2 aromatic rings. The zero-order chi connectivity index (χ0) is 19.2. The van der Waals surface area contributed by atoms with Crippen molar-refractivity contribution in [3.05, 3.63) is 16.9 Å². The van der Waals surface area contributed by atoms with Crippen molar-refractivity contribution in [2.24, 2.45) is 5.92 Å². The van der Waals surface area contributed by atoms with Crippen LogP contribution in [0, 0.1) is 12.8 Å². The molecule has 2 saturated carbocycles. The standard InChI is InChI=1S/C23H36N4S/c1-18-24-22(27(26-18)16-19-12-8-4-2-5-9-13-19)23-25-21(17-28-23)20-14-10-6-3-7-11-15-20/h17,19-20H,2-16H2,1H3. The summed E-state index contributed by atoms with van der Waals surface area (Å²) in [5.74, 6) is 3.27. The van der Waals surface area contributed by atoms with E-state index in [0.717, 1.165) is 29.1 Å². The Labute approximate surface area is 174 Å². The van der Waals surface area contributed by atoms with Crippen LogP contribution in [0.25, 0.3) is 10.8 Å². The normalized spacial score (nSPS) is 21.0. The van der Waals surface area contributed by atoms with E-state index in [-0.39, 0.29) is 0 Å². The van der Waals surface area contributed by atoms with Gasteiger partial charge in [0.25, 0.3) is 0 Å². The Morgan fingerprint density at radius 1 is 0.857 bits per heavy atom.